The number of benzene rings is 1. The fourth-order valence-corrected chi connectivity index (χ4v) is 2.81. The van der Waals surface area contributed by atoms with Crippen molar-refractivity contribution in [3.8, 4) is 0 Å². The van der Waals surface area contributed by atoms with Crippen LogP contribution in [0.25, 0.3) is 0 Å². The number of carbonyl (C=O) groups is 1. The number of rotatable bonds is 6. The number of carbonyl (C=O) groups excluding carboxylic acids is 1. The first-order valence-electron chi connectivity index (χ1n) is 8.37. The van der Waals surface area contributed by atoms with Crippen LogP contribution < -0.4 is 10.6 Å². The third-order valence-electron chi connectivity index (χ3n) is 4.03. The number of hydrogen-bond acceptors (Lipinski definition) is 5. The van der Waals surface area contributed by atoms with Gasteiger partial charge in [0.2, 0.25) is 0 Å². The average Bonchev–Trinajstić information content (AvgIpc) is 2.66. The molecule has 6 nitrogen and oxygen atoms in total. The highest BCUT2D eigenvalue weighted by Crippen LogP contribution is 2.22. The Balaban J connectivity index is 1.55. The third kappa shape index (κ3) is 5.14. The van der Waals surface area contributed by atoms with Gasteiger partial charge in [0.05, 0.1) is 35.7 Å². The van der Waals surface area contributed by atoms with Gasteiger partial charge >= 0.3 is 0 Å². The van der Waals surface area contributed by atoms with Gasteiger partial charge in [-0.2, -0.15) is 0 Å². The number of ether oxygens (including phenoxy) is 1. The number of pyridine rings is 1. The fraction of sp³-hybridized carbons (Fsp3) is 0.333. The Morgan fingerprint density at radius 1 is 1.23 bits per heavy atom. The molecule has 0 aliphatic carbocycles. The lowest BCUT2D eigenvalue weighted by atomic mass is 10.2. The molecular weight excluding hydrogens is 359 g/mol. The molecule has 1 aromatic carbocycles. The lowest BCUT2D eigenvalue weighted by molar-refractivity contribution is 0.0383. The highest BCUT2D eigenvalue weighted by Gasteiger charge is 2.11. The second-order valence-corrected chi connectivity index (χ2v) is 6.33. The van der Waals surface area contributed by atoms with Crippen molar-refractivity contribution in [2.24, 2.45) is 0 Å². The summed E-state index contributed by atoms with van der Waals surface area (Å²) in [7, 11) is 0. The zero-order valence-corrected chi connectivity index (χ0v) is 14.9. The van der Waals surface area contributed by atoms with Crippen molar-refractivity contribution < 1.29 is 13.9 Å². The van der Waals surface area contributed by atoms with E-state index in [2.05, 4.69) is 20.5 Å². The number of halogens is 2. The minimum Gasteiger partial charge on any atom is -0.379 e. The zero-order chi connectivity index (χ0) is 18.4. The predicted molar refractivity (Wildman–Crippen MR) is 98.5 cm³/mol. The molecule has 2 heterocycles. The molecule has 0 radical (unpaired) electrons. The molecule has 1 aliphatic rings. The van der Waals surface area contributed by atoms with Crippen LogP contribution in [-0.2, 0) is 4.74 Å². The maximum atomic E-state index is 13.2. The van der Waals surface area contributed by atoms with E-state index in [1.54, 1.807) is 18.3 Å². The number of aromatic nitrogens is 1. The van der Waals surface area contributed by atoms with Crippen LogP contribution in [0.5, 0.6) is 0 Å². The minimum atomic E-state index is -0.483. The highest BCUT2D eigenvalue weighted by atomic mass is 35.5. The Bertz CT molecular complexity index is 769. The van der Waals surface area contributed by atoms with Crippen LogP contribution in [0.15, 0.2) is 36.7 Å². The number of morpholine rings is 1. The third-order valence-corrected chi connectivity index (χ3v) is 4.32. The Morgan fingerprint density at radius 2 is 2.04 bits per heavy atom. The van der Waals surface area contributed by atoms with Crippen molar-refractivity contribution in [3.63, 3.8) is 0 Å². The summed E-state index contributed by atoms with van der Waals surface area (Å²) in [4.78, 5) is 18.6. The normalized spacial score (nSPS) is 14.8. The van der Waals surface area contributed by atoms with Crippen LogP contribution in [0.4, 0.5) is 15.8 Å². The largest absolute Gasteiger partial charge is 0.379 e. The summed E-state index contributed by atoms with van der Waals surface area (Å²) < 4.78 is 18.5. The van der Waals surface area contributed by atoms with Crippen LogP contribution in [0.3, 0.4) is 0 Å². The SMILES string of the molecule is O=C(NCCN1CCOCC1)c1cncc(Nc2ccc(F)c(Cl)c2)c1. The zero-order valence-electron chi connectivity index (χ0n) is 14.2. The summed E-state index contributed by atoms with van der Waals surface area (Å²) in [6.07, 6.45) is 3.09. The van der Waals surface area contributed by atoms with E-state index in [1.165, 1.54) is 18.3 Å². The van der Waals surface area contributed by atoms with Gasteiger partial charge < -0.3 is 15.4 Å². The van der Waals surface area contributed by atoms with Crippen LogP contribution in [0.2, 0.25) is 5.02 Å². The van der Waals surface area contributed by atoms with Gasteiger partial charge in [0, 0.05) is 38.1 Å². The lowest BCUT2D eigenvalue weighted by Gasteiger charge is -2.26. The molecule has 2 N–H and O–H groups in total. The number of nitrogens with one attached hydrogen (secondary N) is 2. The Morgan fingerprint density at radius 3 is 2.81 bits per heavy atom. The molecule has 1 amide bonds. The van der Waals surface area contributed by atoms with Crippen molar-refractivity contribution in [3.05, 3.63) is 53.1 Å². The van der Waals surface area contributed by atoms with Crippen molar-refractivity contribution in [1.82, 2.24) is 15.2 Å². The van der Waals surface area contributed by atoms with Gasteiger partial charge in [-0.1, -0.05) is 11.6 Å². The van der Waals surface area contributed by atoms with Crippen LogP contribution in [-0.4, -0.2) is 55.2 Å². The first-order chi connectivity index (χ1) is 12.6. The average molecular weight is 379 g/mol. The molecule has 0 spiro atoms. The van der Waals surface area contributed by atoms with Crippen molar-refractivity contribution in [2.45, 2.75) is 0 Å². The molecule has 1 saturated heterocycles. The number of nitrogens with zero attached hydrogens (tertiary/aromatic N) is 2. The molecule has 1 fully saturated rings. The molecule has 26 heavy (non-hydrogen) atoms. The Hall–Kier alpha value is -2.22. The summed E-state index contributed by atoms with van der Waals surface area (Å²) in [6, 6.07) is 6.01. The van der Waals surface area contributed by atoms with Crippen molar-refractivity contribution in [2.75, 3.05) is 44.7 Å². The van der Waals surface area contributed by atoms with Crippen molar-refractivity contribution >= 4 is 28.9 Å². The van der Waals surface area contributed by atoms with Gasteiger partial charge in [-0.3, -0.25) is 14.7 Å². The van der Waals surface area contributed by atoms with Gasteiger partial charge in [-0.25, -0.2) is 4.39 Å². The number of anilines is 2. The fourth-order valence-electron chi connectivity index (χ4n) is 2.63. The number of hydrogen-bond donors (Lipinski definition) is 2. The summed E-state index contributed by atoms with van der Waals surface area (Å²) >= 11 is 5.78. The summed E-state index contributed by atoms with van der Waals surface area (Å²) in [5, 5.41) is 5.98. The predicted octanol–water partition coefficient (Wildman–Crippen LogP) is 2.68. The van der Waals surface area contributed by atoms with E-state index in [0.717, 1.165) is 32.8 Å². The summed E-state index contributed by atoms with van der Waals surface area (Å²) in [5.41, 5.74) is 1.68. The molecule has 0 saturated carbocycles. The molecule has 8 heteroatoms. The smallest absolute Gasteiger partial charge is 0.252 e. The first-order valence-corrected chi connectivity index (χ1v) is 8.75. The quantitative estimate of drug-likeness (QED) is 0.809. The number of amides is 1. The van der Waals surface area contributed by atoms with E-state index >= 15 is 0 Å². The molecule has 1 aromatic heterocycles. The van der Waals surface area contributed by atoms with E-state index in [0.29, 0.717) is 23.5 Å². The molecule has 0 unspecified atom stereocenters. The monoisotopic (exact) mass is 378 g/mol. The lowest BCUT2D eigenvalue weighted by Crippen LogP contribution is -2.41. The van der Waals surface area contributed by atoms with Crippen LogP contribution in [0.1, 0.15) is 10.4 Å². The highest BCUT2D eigenvalue weighted by molar-refractivity contribution is 6.31. The molecule has 2 aromatic rings. The van der Waals surface area contributed by atoms with E-state index in [-0.39, 0.29) is 10.9 Å². The minimum absolute atomic E-state index is 0.0277. The molecule has 3 rings (SSSR count). The van der Waals surface area contributed by atoms with Crippen molar-refractivity contribution in [1.29, 1.82) is 0 Å². The molecule has 1 aliphatic heterocycles. The van der Waals surface area contributed by atoms with E-state index in [1.807, 2.05) is 0 Å². The second kappa shape index (κ2) is 8.93. The van der Waals surface area contributed by atoms with Crippen LogP contribution in [0, 0.1) is 5.82 Å². The Labute approximate surface area is 156 Å². The van der Waals surface area contributed by atoms with Gasteiger partial charge in [-0.15, -0.1) is 0 Å². The molecule has 0 atom stereocenters. The van der Waals surface area contributed by atoms with Gasteiger partial charge in [0.25, 0.3) is 5.91 Å². The van der Waals surface area contributed by atoms with Crippen LogP contribution >= 0.6 is 11.6 Å². The maximum absolute atomic E-state index is 13.2. The van der Waals surface area contributed by atoms with E-state index < -0.39 is 5.82 Å². The maximum Gasteiger partial charge on any atom is 0.252 e. The topological polar surface area (TPSA) is 66.5 Å². The second-order valence-electron chi connectivity index (χ2n) is 5.93. The summed E-state index contributed by atoms with van der Waals surface area (Å²) in [5.74, 6) is -0.671. The Kier molecular flexibility index (Phi) is 6.38. The standard InChI is InChI=1S/C18H20ClFN4O2/c19-16-10-14(1-2-17(16)20)23-15-9-13(11-21-12-15)18(25)22-3-4-24-5-7-26-8-6-24/h1-2,9-12,23H,3-8H2,(H,22,25). The van der Waals surface area contributed by atoms with Gasteiger partial charge in [0.15, 0.2) is 0 Å². The van der Waals surface area contributed by atoms with E-state index in [4.69, 9.17) is 16.3 Å². The molecule has 0 bridgehead atoms. The van der Waals surface area contributed by atoms with Gasteiger partial charge in [0.1, 0.15) is 5.82 Å². The van der Waals surface area contributed by atoms with Gasteiger partial charge in [-0.05, 0) is 24.3 Å². The summed E-state index contributed by atoms with van der Waals surface area (Å²) in [6.45, 7) is 4.59. The molecule has 138 valence electrons. The first kappa shape index (κ1) is 18.6. The van der Waals surface area contributed by atoms with E-state index in [9.17, 15) is 9.18 Å². The molecular formula is C18H20ClFN4O2.